The van der Waals surface area contributed by atoms with E-state index in [0.717, 1.165) is 0 Å². The van der Waals surface area contributed by atoms with Crippen molar-refractivity contribution >= 4 is 5.69 Å². The number of pyridine rings is 1. The molecule has 4 heteroatoms. The summed E-state index contributed by atoms with van der Waals surface area (Å²) in [5, 5.41) is 8.91. The zero-order valence-corrected chi connectivity index (χ0v) is 9.15. The lowest BCUT2D eigenvalue weighted by Gasteiger charge is -2.11. The van der Waals surface area contributed by atoms with Crippen LogP contribution in [0.1, 0.15) is 31.2 Å². The molecule has 1 fully saturated rings. The second kappa shape index (κ2) is 4.84. The summed E-state index contributed by atoms with van der Waals surface area (Å²) in [7, 11) is 0. The summed E-state index contributed by atoms with van der Waals surface area (Å²) < 4.78 is 5.58. The van der Waals surface area contributed by atoms with Crippen molar-refractivity contribution in [1.82, 2.24) is 4.98 Å². The van der Waals surface area contributed by atoms with Crippen LogP contribution < -0.4 is 10.5 Å². The predicted molar refractivity (Wildman–Crippen MR) is 60.8 cm³/mol. The third-order valence-electron chi connectivity index (χ3n) is 2.92. The standard InChI is InChI=1S/C12H15N3O/c13-6-10-5-11(14)7-15-12(10)16-8-9-3-1-2-4-9/h5,7,9H,1-4,8,14H2. The molecular formula is C12H15N3O. The van der Waals surface area contributed by atoms with Gasteiger partial charge in [-0.1, -0.05) is 12.8 Å². The van der Waals surface area contributed by atoms with Crippen molar-refractivity contribution < 1.29 is 4.74 Å². The zero-order valence-electron chi connectivity index (χ0n) is 9.15. The molecule has 0 amide bonds. The Morgan fingerprint density at radius 2 is 2.25 bits per heavy atom. The Bertz CT molecular complexity index is 405. The maximum Gasteiger partial charge on any atom is 0.231 e. The van der Waals surface area contributed by atoms with Crippen molar-refractivity contribution in [1.29, 1.82) is 5.26 Å². The highest BCUT2D eigenvalue weighted by Gasteiger charge is 2.16. The van der Waals surface area contributed by atoms with Crippen LogP contribution in [-0.2, 0) is 0 Å². The summed E-state index contributed by atoms with van der Waals surface area (Å²) in [5.74, 6) is 1.02. The lowest BCUT2D eigenvalue weighted by molar-refractivity contribution is 0.243. The van der Waals surface area contributed by atoms with Gasteiger partial charge in [-0.3, -0.25) is 0 Å². The molecule has 0 aromatic carbocycles. The van der Waals surface area contributed by atoms with Crippen LogP contribution >= 0.6 is 0 Å². The smallest absolute Gasteiger partial charge is 0.231 e. The Morgan fingerprint density at radius 1 is 1.50 bits per heavy atom. The molecule has 0 aliphatic heterocycles. The van der Waals surface area contributed by atoms with Gasteiger partial charge in [-0.25, -0.2) is 4.98 Å². The molecule has 1 saturated carbocycles. The van der Waals surface area contributed by atoms with Gasteiger partial charge in [0.25, 0.3) is 0 Å². The molecule has 0 spiro atoms. The van der Waals surface area contributed by atoms with Gasteiger partial charge in [-0.2, -0.15) is 5.26 Å². The highest BCUT2D eigenvalue weighted by atomic mass is 16.5. The molecule has 4 nitrogen and oxygen atoms in total. The van der Waals surface area contributed by atoms with Crippen LogP contribution in [-0.4, -0.2) is 11.6 Å². The van der Waals surface area contributed by atoms with Gasteiger partial charge in [0.1, 0.15) is 11.6 Å². The monoisotopic (exact) mass is 217 g/mol. The molecule has 2 N–H and O–H groups in total. The molecule has 0 bridgehead atoms. The minimum Gasteiger partial charge on any atom is -0.476 e. The topological polar surface area (TPSA) is 71.9 Å². The van der Waals surface area contributed by atoms with Crippen LogP contribution in [0.25, 0.3) is 0 Å². The molecule has 16 heavy (non-hydrogen) atoms. The van der Waals surface area contributed by atoms with Crippen molar-refractivity contribution in [3.05, 3.63) is 17.8 Å². The molecule has 1 aromatic rings. The minimum atomic E-state index is 0.406. The van der Waals surface area contributed by atoms with Gasteiger partial charge >= 0.3 is 0 Å². The molecule has 2 rings (SSSR count). The molecule has 0 atom stereocenters. The number of rotatable bonds is 3. The first-order valence-electron chi connectivity index (χ1n) is 5.58. The predicted octanol–water partition coefficient (Wildman–Crippen LogP) is 2.10. The summed E-state index contributed by atoms with van der Waals surface area (Å²) in [6.07, 6.45) is 6.53. The Labute approximate surface area is 95.0 Å². The van der Waals surface area contributed by atoms with E-state index < -0.39 is 0 Å². The molecule has 1 heterocycles. The number of hydrogen-bond acceptors (Lipinski definition) is 4. The van der Waals surface area contributed by atoms with E-state index in [2.05, 4.69) is 4.98 Å². The average Bonchev–Trinajstić information content (AvgIpc) is 2.80. The molecule has 1 aromatic heterocycles. The van der Waals surface area contributed by atoms with Crippen LogP contribution in [0, 0.1) is 17.2 Å². The van der Waals surface area contributed by atoms with Crippen LogP contribution in [0.3, 0.4) is 0 Å². The van der Waals surface area contributed by atoms with E-state index in [4.69, 9.17) is 15.7 Å². The lowest BCUT2D eigenvalue weighted by Crippen LogP contribution is -2.10. The normalized spacial score (nSPS) is 15.9. The summed E-state index contributed by atoms with van der Waals surface area (Å²) in [5.41, 5.74) is 6.46. The van der Waals surface area contributed by atoms with Crippen molar-refractivity contribution in [3.8, 4) is 11.9 Å². The van der Waals surface area contributed by atoms with Crippen molar-refractivity contribution in [3.63, 3.8) is 0 Å². The zero-order chi connectivity index (χ0) is 11.4. The number of aromatic nitrogens is 1. The SMILES string of the molecule is N#Cc1cc(N)cnc1OCC1CCCC1. The second-order valence-electron chi connectivity index (χ2n) is 4.19. The summed E-state index contributed by atoms with van der Waals surface area (Å²) in [4.78, 5) is 4.04. The Kier molecular flexibility index (Phi) is 3.25. The molecule has 1 aliphatic carbocycles. The highest BCUT2D eigenvalue weighted by molar-refractivity contribution is 5.48. The quantitative estimate of drug-likeness (QED) is 0.841. The van der Waals surface area contributed by atoms with E-state index in [1.807, 2.05) is 6.07 Å². The fraction of sp³-hybridized carbons (Fsp3) is 0.500. The molecule has 84 valence electrons. The fourth-order valence-electron chi connectivity index (χ4n) is 2.04. The van der Waals surface area contributed by atoms with E-state index >= 15 is 0 Å². The molecule has 0 unspecified atom stereocenters. The number of hydrogen-bond donors (Lipinski definition) is 1. The summed E-state index contributed by atoms with van der Waals surface area (Å²) >= 11 is 0. The first kappa shape index (κ1) is 10.7. The van der Waals surface area contributed by atoms with Gasteiger partial charge in [0.05, 0.1) is 18.5 Å². The van der Waals surface area contributed by atoms with Gasteiger partial charge in [0.2, 0.25) is 5.88 Å². The van der Waals surface area contributed by atoms with Crippen molar-refractivity contribution in [2.24, 2.45) is 5.92 Å². The Morgan fingerprint density at radius 3 is 2.94 bits per heavy atom. The first-order chi connectivity index (χ1) is 7.79. The van der Waals surface area contributed by atoms with Gasteiger partial charge in [-0.15, -0.1) is 0 Å². The van der Waals surface area contributed by atoms with Crippen molar-refractivity contribution in [2.75, 3.05) is 12.3 Å². The van der Waals surface area contributed by atoms with Gasteiger partial charge in [0, 0.05) is 0 Å². The van der Waals surface area contributed by atoms with Crippen LogP contribution in [0.2, 0.25) is 0 Å². The van der Waals surface area contributed by atoms with E-state index in [1.165, 1.54) is 31.9 Å². The third-order valence-corrected chi connectivity index (χ3v) is 2.92. The Hall–Kier alpha value is -1.76. The number of anilines is 1. The largest absolute Gasteiger partial charge is 0.476 e. The molecular weight excluding hydrogens is 202 g/mol. The first-order valence-corrected chi connectivity index (χ1v) is 5.58. The maximum atomic E-state index is 8.91. The number of nitrogen functional groups attached to an aromatic ring is 1. The van der Waals surface area contributed by atoms with Gasteiger partial charge < -0.3 is 10.5 Å². The van der Waals surface area contributed by atoms with E-state index in [0.29, 0.717) is 29.7 Å². The number of nitrogens with zero attached hydrogens (tertiary/aromatic N) is 2. The fourth-order valence-corrected chi connectivity index (χ4v) is 2.04. The van der Waals surface area contributed by atoms with E-state index in [9.17, 15) is 0 Å². The van der Waals surface area contributed by atoms with Crippen LogP contribution in [0.4, 0.5) is 5.69 Å². The van der Waals surface area contributed by atoms with Crippen molar-refractivity contribution in [2.45, 2.75) is 25.7 Å². The number of nitriles is 1. The van der Waals surface area contributed by atoms with E-state index in [1.54, 1.807) is 6.07 Å². The molecule has 0 radical (unpaired) electrons. The third kappa shape index (κ3) is 2.43. The minimum absolute atomic E-state index is 0.406. The molecule has 0 saturated heterocycles. The van der Waals surface area contributed by atoms with Gasteiger partial charge in [0.15, 0.2) is 0 Å². The lowest BCUT2D eigenvalue weighted by atomic mass is 10.1. The van der Waals surface area contributed by atoms with Crippen LogP contribution in [0.15, 0.2) is 12.3 Å². The van der Waals surface area contributed by atoms with Gasteiger partial charge in [-0.05, 0) is 24.8 Å². The summed E-state index contributed by atoms with van der Waals surface area (Å²) in [6, 6.07) is 3.64. The van der Waals surface area contributed by atoms with E-state index in [-0.39, 0.29) is 0 Å². The maximum absolute atomic E-state index is 8.91. The number of ether oxygens (including phenoxy) is 1. The molecule has 1 aliphatic rings. The Balaban J connectivity index is 2.00. The summed E-state index contributed by atoms with van der Waals surface area (Å²) in [6.45, 7) is 0.658. The van der Waals surface area contributed by atoms with Crippen LogP contribution in [0.5, 0.6) is 5.88 Å². The second-order valence-corrected chi connectivity index (χ2v) is 4.19. The number of nitrogens with two attached hydrogens (primary N) is 1. The highest BCUT2D eigenvalue weighted by Crippen LogP contribution is 2.26. The average molecular weight is 217 g/mol.